The van der Waals surface area contributed by atoms with Gasteiger partial charge in [-0.15, -0.1) is 0 Å². The number of halogens is 1. The lowest BCUT2D eigenvalue weighted by Gasteiger charge is -2.36. The topological polar surface area (TPSA) is 23.6 Å². The summed E-state index contributed by atoms with van der Waals surface area (Å²) < 4.78 is 0. The minimum absolute atomic E-state index is 0.278. The fraction of sp³-hybridized carbons (Fsp3) is 0.562. The van der Waals surface area contributed by atoms with Gasteiger partial charge in [-0.05, 0) is 37.1 Å². The van der Waals surface area contributed by atoms with Crippen LogP contribution in [0.1, 0.15) is 25.3 Å². The molecule has 0 spiro atoms. The summed E-state index contributed by atoms with van der Waals surface area (Å²) in [5.74, 6) is 0.301. The van der Waals surface area contributed by atoms with Crippen molar-refractivity contribution in [1.82, 2.24) is 9.80 Å². The van der Waals surface area contributed by atoms with Crippen molar-refractivity contribution in [1.29, 1.82) is 0 Å². The maximum Gasteiger partial charge on any atom is 0.233 e. The number of hydrogen-bond acceptors (Lipinski definition) is 2. The van der Waals surface area contributed by atoms with Gasteiger partial charge in [0, 0.05) is 31.2 Å². The van der Waals surface area contributed by atoms with Crippen molar-refractivity contribution in [3.8, 4) is 0 Å². The van der Waals surface area contributed by atoms with Gasteiger partial charge >= 0.3 is 0 Å². The number of nitrogens with zero attached hydrogens (tertiary/aromatic N) is 2. The van der Waals surface area contributed by atoms with E-state index in [1.165, 1.54) is 0 Å². The van der Waals surface area contributed by atoms with Gasteiger partial charge in [0.25, 0.3) is 0 Å². The molecule has 3 nitrogen and oxygen atoms in total. The van der Waals surface area contributed by atoms with E-state index in [9.17, 15) is 4.79 Å². The number of rotatable bonds is 3. The summed E-state index contributed by atoms with van der Waals surface area (Å²) >= 11 is 6.08. The van der Waals surface area contributed by atoms with Gasteiger partial charge < -0.3 is 9.80 Å². The lowest BCUT2D eigenvalue weighted by Crippen LogP contribution is -2.51. The van der Waals surface area contributed by atoms with E-state index in [2.05, 4.69) is 11.8 Å². The molecule has 0 bridgehead atoms. The van der Waals surface area contributed by atoms with Gasteiger partial charge in [0.1, 0.15) is 0 Å². The van der Waals surface area contributed by atoms with Crippen molar-refractivity contribution in [2.45, 2.75) is 25.2 Å². The molecule has 0 atom stereocenters. The SMILES string of the molecule is CCN1CCN(C(=O)C2(c3cccc(Cl)c3)CC2)CC1. The summed E-state index contributed by atoms with van der Waals surface area (Å²) in [5, 5.41) is 0.720. The summed E-state index contributed by atoms with van der Waals surface area (Å²) in [5.41, 5.74) is 0.812. The maximum absolute atomic E-state index is 12.9. The van der Waals surface area contributed by atoms with E-state index in [4.69, 9.17) is 11.6 Å². The van der Waals surface area contributed by atoms with Crippen molar-refractivity contribution in [3.05, 3.63) is 34.9 Å². The number of amides is 1. The molecule has 1 aromatic carbocycles. The average molecular weight is 293 g/mol. The quantitative estimate of drug-likeness (QED) is 0.855. The Morgan fingerprint density at radius 1 is 1.25 bits per heavy atom. The fourth-order valence-corrected chi connectivity index (χ4v) is 3.30. The number of benzene rings is 1. The highest BCUT2D eigenvalue weighted by Crippen LogP contribution is 2.50. The van der Waals surface area contributed by atoms with Crippen LogP contribution in [0.5, 0.6) is 0 Å². The Morgan fingerprint density at radius 2 is 1.95 bits per heavy atom. The van der Waals surface area contributed by atoms with Gasteiger partial charge in [-0.25, -0.2) is 0 Å². The molecular formula is C16H21ClN2O. The summed E-state index contributed by atoms with van der Waals surface area (Å²) in [6, 6.07) is 7.81. The van der Waals surface area contributed by atoms with E-state index in [0.29, 0.717) is 5.91 Å². The van der Waals surface area contributed by atoms with Crippen LogP contribution in [0.25, 0.3) is 0 Å². The maximum atomic E-state index is 12.9. The smallest absolute Gasteiger partial charge is 0.233 e. The molecule has 2 fully saturated rings. The van der Waals surface area contributed by atoms with E-state index in [1.54, 1.807) is 0 Å². The van der Waals surface area contributed by atoms with E-state index in [-0.39, 0.29) is 5.41 Å². The normalized spacial score (nSPS) is 21.8. The highest BCUT2D eigenvalue weighted by Gasteiger charge is 2.53. The second-order valence-electron chi connectivity index (χ2n) is 5.82. The van der Waals surface area contributed by atoms with Gasteiger partial charge in [0.15, 0.2) is 0 Å². The molecule has 1 aliphatic carbocycles. The molecule has 0 aromatic heterocycles. The first-order valence-corrected chi connectivity index (χ1v) is 7.81. The monoisotopic (exact) mass is 292 g/mol. The van der Waals surface area contributed by atoms with Gasteiger partial charge in [-0.2, -0.15) is 0 Å². The molecule has 1 aromatic rings. The van der Waals surface area contributed by atoms with Crippen molar-refractivity contribution < 1.29 is 4.79 Å². The third-order valence-electron chi connectivity index (χ3n) is 4.64. The van der Waals surface area contributed by atoms with Gasteiger partial charge in [0.2, 0.25) is 5.91 Å². The van der Waals surface area contributed by atoms with Crippen LogP contribution >= 0.6 is 11.6 Å². The largest absolute Gasteiger partial charge is 0.339 e. The van der Waals surface area contributed by atoms with Crippen molar-refractivity contribution in [3.63, 3.8) is 0 Å². The fourth-order valence-electron chi connectivity index (χ4n) is 3.11. The first-order chi connectivity index (χ1) is 9.65. The van der Waals surface area contributed by atoms with Gasteiger partial charge in [-0.1, -0.05) is 30.7 Å². The van der Waals surface area contributed by atoms with Crippen LogP contribution in [-0.2, 0) is 10.2 Å². The molecule has 1 saturated heterocycles. The molecule has 0 unspecified atom stereocenters. The molecule has 3 rings (SSSR count). The second-order valence-corrected chi connectivity index (χ2v) is 6.26. The Labute approximate surface area is 125 Å². The molecule has 1 aliphatic heterocycles. The van der Waals surface area contributed by atoms with Crippen LogP contribution in [0.4, 0.5) is 0 Å². The summed E-state index contributed by atoms with van der Waals surface area (Å²) in [7, 11) is 0. The van der Waals surface area contributed by atoms with Crippen LogP contribution in [-0.4, -0.2) is 48.4 Å². The van der Waals surface area contributed by atoms with Crippen LogP contribution in [0, 0.1) is 0 Å². The van der Waals surface area contributed by atoms with Gasteiger partial charge in [0.05, 0.1) is 5.41 Å². The highest BCUT2D eigenvalue weighted by molar-refractivity contribution is 6.30. The zero-order chi connectivity index (χ0) is 14.2. The van der Waals surface area contributed by atoms with Crippen molar-refractivity contribution in [2.24, 2.45) is 0 Å². The number of carbonyl (C=O) groups is 1. The summed E-state index contributed by atoms with van der Waals surface area (Å²) in [4.78, 5) is 17.3. The molecule has 0 N–H and O–H groups in total. The molecule has 4 heteroatoms. The molecule has 108 valence electrons. The van der Waals surface area contributed by atoms with Crippen molar-refractivity contribution in [2.75, 3.05) is 32.7 Å². The zero-order valence-corrected chi connectivity index (χ0v) is 12.7. The summed E-state index contributed by atoms with van der Waals surface area (Å²) in [6.45, 7) is 6.94. The standard InChI is InChI=1S/C16H21ClN2O/c1-2-18-8-10-19(11-9-18)15(20)16(6-7-16)13-4-3-5-14(17)12-13/h3-5,12H,2,6-11H2,1H3. The Bertz CT molecular complexity index is 505. The van der Waals surface area contributed by atoms with Crippen LogP contribution < -0.4 is 0 Å². The molecule has 1 heterocycles. The Kier molecular flexibility index (Phi) is 3.74. The Balaban J connectivity index is 1.74. The third-order valence-corrected chi connectivity index (χ3v) is 4.88. The second kappa shape index (κ2) is 5.38. The Hall–Kier alpha value is -1.06. The first kappa shape index (κ1) is 13.9. The minimum atomic E-state index is -0.278. The number of carbonyl (C=O) groups excluding carboxylic acids is 1. The minimum Gasteiger partial charge on any atom is -0.339 e. The number of likely N-dealkylation sites (N-methyl/N-ethyl adjacent to an activating group) is 1. The number of piperazine rings is 1. The highest BCUT2D eigenvalue weighted by atomic mass is 35.5. The number of hydrogen-bond donors (Lipinski definition) is 0. The third kappa shape index (κ3) is 2.45. The summed E-state index contributed by atoms with van der Waals surface area (Å²) in [6.07, 6.45) is 1.92. The molecule has 1 saturated carbocycles. The average Bonchev–Trinajstić information content (AvgIpc) is 3.28. The lowest BCUT2D eigenvalue weighted by atomic mass is 9.94. The Morgan fingerprint density at radius 3 is 2.50 bits per heavy atom. The van der Waals surface area contributed by atoms with Gasteiger partial charge in [-0.3, -0.25) is 4.79 Å². The molecule has 0 radical (unpaired) electrons. The molecule has 2 aliphatic rings. The molecular weight excluding hydrogens is 272 g/mol. The van der Waals surface area contributed by atoms with Crippen LogP contribution in [0.3, 0.4) is 0 Å². The van der Waals surface area contributed by atoms with Crippen LogP contribution in [0.15, 0.2) is 24.3 Å². The predicted octanol–water partition coefficient (Wildman–Crippen LogP) is 2.54. The first-order valence-electron chi connectivity index (χ1n) is 7.43. The van der Waals surface area contributed by atoms with E-state index < -0.39 is 0 Å². The predicted molar refractivity (Wildman–Crippen MR) is 81.1 cm³/mol. The van der Waals surface area contributed by atoms with Crippen LogP contribution in [0.2, 0.25) is 5.02 Å². The molecule has 1 amide bonds. The zero-order valence-electron chi connectivity index (χ0n) is 11.9. The van der Waals surface area contributed by atoms with E-state index in [1.807, 2.05) is 29.2 Å². The molecule has 20 heavy (non-hydrogen) atoms. The lowest BCUT2D eigenvalue weighted by molar-refractivity contribution is -0.135. The van der Waals surface area contributed by atoms with E-state index >= 15 is 0 Å². The van der Waals surface area contributed by atoms with Crippen molar-refractivity contribution >= 4 is 17.5 Å². The van der Waals surface area contributed by atoms with E-state index in [0.717, 1.165) is 56.2 Å².